The Hall–Kier alpha value is -0.120. The van der Waals surface area contributed by atoms with Crippen molar-refractivity contribution in [2.24, 2.45) is 5.73 Å². The third-order valence-corrected chi connectivity index (χ3v) is 0.991. The van der Waals surface area contributed by atoms with Gasteiger partial charge in [-0.05, 0) is 7.05 Å². The van der Waals surface area contributed by atoms with Crippen molar-refractivity contribution in [1.29, 1.82) is 0 Å². The van der Waals surface area contributed by atoms with Gasteiger partial charge in [0, 0.05) is 33.2 Å². The lowest BCUT2D eigenvalue weighted by Crippen LogP contribution is -2.29. The molecule has 0 fully saturated rings. The van der Waals surface area contributed by atoms with Crippen molar-refractivity contribution in [2.45, 2.75) is 0 Å². The van der Waals surface area contributed by atoms with Crippen LogP contribution in [0.5, 0.6) is 0 Å². The first-order valence-electron chi connectivity index (χ1n) is 3.20. The van der Waals surface area contributed by atoms with Gasteiger partial charge in [0.15, 0.2) is 0 Å². The summed E-state index contributed by atoms with van der Waals surface area (Å²) in [6.07, 6.45) is 0. The molecule has 1 radical (unpaired) electrons. The van der Waals surface area contributed by atoms with Gasteiger partial charge in [-0.1, -0.05) is 0 Å². The van der Waals surface area contributed by atoms with Gasteiger partial charge in [0.2, 0.25) is 0 Å². The highest BCUT2D eigenvalue weighted by atomic mass is 15.1. The number of hydrogen-bond acceptors (Lipinski definition) is 3. The van der Waals surface area contributed by atoms with E-state index in [4.69, 9.17) is 5.73 Å². The number of hydrogen-bond donors (Lipinski definition) is 2. The van der Waals surface area contributed by atoms with Crippen LogP contribution in [0.25, 0.3) is 0 Å². The van der Waals surface area contributed by atoms with Gasteiger partial charge < -0.3 is 16.0 Å². The third kappa shape index (κ3) is 7.88. The summed E-state index contributed by atoms with van der Waals surface area (Å²) < 4.78 is 0. The Morgan fingerprint density at radius 1 is 1.56 bits per heavy atom. The van der Waals surface area contributed by atoms with Gasteiger partial charge in [-0.2, -0.15) is 0 Å². The molecule has 0 aliphatic heterocycles. The van der Waals surface area contributed by atoms with Gasteiger partial charge in [0.1, 0.15) is 0 Å². The molecule has 0 aliphatic carbocycles. The van der Waals surface area contributed by atoms with E-state index in [0.29, 0.717) is 6.54 Å². The fourth-order valence-electron chi connectivity index (χ4n) is 0.497. The molecule has 0 rings (SSSR count). The third-order valence-electron chi connectivity index (χ3n) is 0.991. The van der Waals surface area contributed by atoms with E-state index < -0.39 is 0 Å². The van der Waals surface area contributed by atoms with Crippen LogP contribution in [0.15, 0.2) is 0 Å². The molecule has 0 aliphatic rings. The van der Waals surface area contributed by atoms with Gasteiger partial charge in [-0.15, -0.1) is 0 Å². The highest BCUT2D eigenvalue weighted by Crippen LogP contribution is 1.71. The Labute approximate surface area is 57.2 Å². The van der Waals surface area contributed by atoms with E-state index in [-0.39, 0.29) is 0 Å². The second kappa shape index (κ2) is 6.01. The van der Waals surface area contributed by atoms with Crippen molar-refractivity contribution in [3.05, 3.63) is 7.05 Å². The van der Waals surface area contributed by atoms with Gasteiger partial charge >= 0.3 is 0 Å². The molecular weight excluding hydrogens is 114 g/mol. The van der Waals surface area contributed by atoms with E-state index in [1.807, 2.05) is 11.9 Å². The monoisotopic (exact) mass is 130 g/mol. The molecule has 55 valence electrons. The Balaban J connectivity index is 2.75. The molecule has 0 bridgehead atoms. The van der Waals surface area contributed by atoms with Crippen molar-refractivity contribution in [2.75, 3.05) is 33.2 Å². The summed E-state index contributed by atoms with van der Waals surface area (Å²) in [5.74, 6) is 0. The molecule has 0 heterocycles. The van der Waals surface area contributed by atoms with Gasteiger partial charge in [0.05, 0.1) is 0 Å². The molecule has 0 saturated carbocycles. The number of rotatable bonds is 5. The molecule has 9 heavy (non-hydrogen) atoms. The average Bonchev–Trinajstić information content (AvgIpc) is 1.80. The lowest BCUT2D eigenvalue weighted by atomic mass is 10.5. The summed E-state index contributed by atoms with van der Waals surface area (Å²) in [5, 5.41) is 3.16. The van der Waals surface area contributed by atoms with Crippen LogP contribution in [0, 0.1) is 7.05 Å². The minimum atomic E-state index is 0.709. The maximum Gasteiger partial charge on any atom is 0.0107 e. The maximum atomic E-state index is 5.25. The van der Waals surface area contributed by atoms with Crippen LogP contribution >= 0.6 is 0 Å². The van der Waals surface area contributed by atoms with Crippen LogP contribution in [0.4, 0.5) is 0 Å². The molecule has 0 aromatic rings. The Morgan fingerprint density at radius 2 is 2.22 bits per heavy atom. The van der Waals surface area contributed by atoms with Crippen molar-refractivity contribution in [1.82, 2.24) is 10.2 Å². The molecule has 3 nitrogen and oxygen atoms in total. The molecule has 0 saturated heterocycles. The summed E-state index contributed by atoms with van der Waals surface area (Å²) in [5.41, 5.74) is 5.25. The van der Waals surface area contributed by atoms with Gasteiger partial charge in [0.25, 0.3) is 0 Å². The van der Waals surface area contributed by atoms with Crippen LogP contribution in [-0.2, 0) is 0 Å². The lowest BCUT2D eigenvalue weighted by molar-refractivity contribution is 0.438. The van der Waals surface area contributed by atoms with E-state index in [0.717, 1.165) is 19.6 Å². The highest BCUT2D eigenvalue weighted by Gasteiger charge is 1.86. The van der Waals surface area contributed by atoms with Crippen molar-refractivity contribution >= 4 is 0 Å². The first kappa shape index (κ1) is 8.88. The van der Waals surface area contributed by atoms with Crippen molar-refractivity contribution in [3.8, 4) is 0 Å². The van der Waals surface area contributed by atoms with Crippen LogP contribution in [0.2, 0.25) is 0 Å². The largest absolute Gasteiger partial charge is 0.329 e. The summed E-state index contributed by atoms with van der Waals surface area (Å²) in [6.45, 7) is 3.55. The molecule has 0 amide bonds. The topological polar surface area (TPSA) is 41.3 Å². The smallest absolute Gasteiger partial charge is 0.0107 e. The van der Waals surface area contributed by atoms with Crippen LogP contribution in [0.1, 0.15) is 0 Å². The average molecular weight is 130 g/mol. The highest BCUT2D eigenvalue weighted by molar-refractivity contribution is 4.51. The zero-order valence-corrected chi connectivity index (χ0v) is 6.06. The molecule has 3 heteroatoms. The van der Waals surface area contributed by atoms with E-state index in [2.05, 4.69) is 12.4 Å². The summed E-state index contributed by atoms with van der Waals surface area (Å²) >= 11 is 0. The van der Waals surface area contributed by atoms with Gasteiger partial charge in [-0.3, -0.25) is 0 Å². The summed E-state index contributed by atoms with van der Waals surface area (Å²) in [7, 11) is 5.65. The Kier molecular flexibility index (Phi) is 5.93. The number of nitrogens with zero attached hydrogens (tertiary/aromatic N) is 1. The second-order valence-corrected chi connectivity index (χ2v) is 2.12. The molecule has 0 unspecified atom stereocenters. The van der Waals surface area contributed by atoms with Crippen LogP contribution in [-0.4, -0.2) is 38.1 Å². The quantitative estimate of drug-likeness (QED) is 0.482. The molecule has 0 atom stereocenters. The minimum absolute atomic E-state index is 0.709. The van der Waals surface area contributed by atoms with Gasteiger partial charge in [-0.25, -0.2) is 0 Å². The molecule has 3 N–H and O–H groups in total. The van der Waals surface area contributed by atoms with E-state index in [1.165, 1.54) is 0 Å². The predicted octanol–water partition coefficient (Wildman–Crippen LogP) is -0.742. The summed E-state index contributed by atoms with van der Waals surface area (Å²) in [6, 6.07) is 0. The van der Waals surface area contributed by atoms with Crippen LogP contribution in [0.3, 0.4) is 0 Å². The maximum absolute atomic E-state index is 5.25. The first-order valence-corrected chi connectivity index (χ1v) is 3.20. The standard InChI is InChI=1S/C6H16N3/c1-9(2)6-5-8-4-3-7/h8H,1,3-7H2,2H3. The first-order chi connectivity index (χ1) is 4.27. The normalized spacial score (nSPS) is 10.7. The molecule has 0 aromatic heterocycles. The molecule has 0 spiro atoms. The number of likely N-dealkylation sites (N-methyl/N-ethyl adjacent to an activating group) is 1. The minimum Gasteiger partial charge on any atom is -0.329 e. The SMILES string of the molecule is [CH2]N(C)CCNCCN. The lowest BCUT2D eigenvalue weighted by Gasteiger charge is -2.08. The zero-order chi connectivity index (χ0) is 7.11. The van der Waals surface area contributed by atoms with Crippen molar-refractivity contribution in [3.63, 3.8) is 0 Å². The fourth-order valence-corrected chi connectivity index (χ4v) is 0.497. The molecular formula is C6H16N3. The van der Waals surface area contributed by atoms with E-state index in [9.17, 15) is 0 Å². The predicted molar refractivity (Wildman–Crippen MR) is 39.9 cm³/mol. The van der Waals surface area contributed by atoms with Crippen LogP contribution < -0.4 is 11.1 Å². The number of nitrogens with one attached hydrogen (secondary N) is 1. The van der Waals surface area contributed by atoms with E-state index >= 15 is 0 Å². The Bertz CT molecular complexity index is 54.3. The fraction of sp³-hybridized carbons (Fsp3) is 0.833. The number of nitrogens with two attached hydrogens (primary N) is 1. The second-order valence-electron chi connectivity index (χ2n) is 2.12. The summed E-state index contributed by atoms with van der Waals surface area (Å²) in [4.78, 5) is 1.89. The molecule has 0 aromatic carbocycles. The van der Waals surface area contributed by atoms with Crippen molar-refractivity contribution < 1.29 is 0 Å². The van der Waals surface area contributed by atoms with E-state index in [1.54, 1.807) is 0 Å². The zero-order valence-electron chi connectivity index (χ0n) is 6.06. The Morgan fingerprint density at radius 3 is 2.67 bits per heavy atom.